The van der Waals surface area contributed by atoms with Crippen molar-refractivity contribution in [2.45, 2.75) is 6.42 Å². The Kier molecular flexibility index (Phi) is 4.25. The zero-order valence-corrected chi connectivity index (χ0v) is 11.4. The van der Waals surface area contributed by atoms with Crippen molar-refractivity contribution >= 4 is 5.97 Å². The molecule has 0 heterocycles. The zero-order chi connectivity index (χ0) is 14.5. The van der Waals surface area contributed by atoms with Crippen LogP contribution in [0.1, 0.15) is 5.56 Å². The van der Waals surface area contributed by atoms with Crippen molar-refractivity contribution in [1.82, 2.24) is 0 Å². The first-order valence-corrected chi connectivity index (χ1v) is 6.17. The zero-order valence-electron chi connectivity index (χ0n) is 11.4. The van der Waals surface area contributed by atoms with Crippen LogP contribution in [-0.2, 0) is 16.0 Å². The fourth-order valence-corrected chi connectivity index (χ4v) is 1.91. The number of ether oxygens (including phenoxy) is 2. The SMILES string of the molecule is COC(=O)Cc1ccc(-c2ccc(O)c(OC)c2)cc1. The average Bonchev–Trinajstić information content (AvgIpc) is 2.48. The first-order valence-electron chi connectivity index (χ1n) is 6.17. The van der Waals surface area contributed by atoms with Crippen LogP contribution in [0.5, 0.6) is 11.5 Å². The summed E-state index contributed by atoms with van der Waals surface area (Å²) in [5.74, 6) is 0.281. The number of phenolic OH excluding ortho intramolecular Hbond substituents is 1. The van der Waals surface area contributed by atoms with Crippen LogP contribution in [0.3, 0.4) is 0 Å². The lowest BCUT2D eigenvalue weighted by atomic mass is 10.0. The van der Waals surface area contributed by atoms with Gasteiger partial charge in [0.25, 0.3) is 0 Å². The van der Waals surface area contributed by atoms with Crippen LogP contribution in [0.25, 0.3) is 11.1 Å². The van der Waals surface area contributed by atoms with Crippen LogP contribution in [0.15, 0.2) is 42.5 Å². The molecule has 2 aromatic carbocycles. The molecular weight excluding hydrogens is 256 g/mol. The summed E-state index contributed by atoms with van der Waals surface area (Å²) in [5, 5.41) is 9.58. The van der Waals surface area contributed by atoms with Gasteiger partial charge in [-0.3, -0.25) is 4.79 Å². The molecule has 0 spiro atoms. The number of rotatable bonds is 4. The van der Waals surface area contributed by atoms with Gasteiger partial charge in [0.05, 0.1) is 20.6 Å². The number of benzene rings is 2. The molecule has 4 heteroatoms. The molecule has 2 aromatic rings. The van der Waals surface area contributed by atoms with Gasteiger partial charge in [-0.1, -0.05) is 30.3 Å². The Morgan fingerprint density at radius 1 is 1.05 bits per heavy atom. The van der Waals surface area contributed by atoms with Gasteiger partial charge >= 0.3 is 5.97 Å². The van der Waals surface area contributed by atoms with Gasteiger partial charge < -0.3 is 14.6 Å². The van der Waals surface area contributed by atoms with Crippen LogP contribution in [0.2, 0.25) is 0 Å². The van der Waals surface area contributed by atoms with E-state index in [0.29, 0.717) is 5.75 Å². The topological polar surface area (TPSA) is 55.8 Å². The maximum Gasteiger partial charge on any atom is 0.309 e. The van der Waals surface area contributed by atoms with Crippen LogP contribution in [0, 0.1) is 0 Å². The molecular formula is C16H16O4. The standard InChI is InChI=1S/C16H16O4/c1-19-15-10-13(7-8-14(15)17)12-5-3-11(4-6-12)9-16(18)20-2/h3-8,10,17H,9H2,1-2H3. The third-order valence-corrected chi connectivity index (χ3v) is 3.04. The summed E-state index contributed by atoms with van der Waals surface area (Å²) < 4.78 is 9.72. The summed E-state index contributed by atoms with van der Waals surface area (Å²) in [7, 11) is 2.89. The van der Waals surface area contributed by atoms with Crippen LogP contribution in [-0.4, -0.2) is 25.3 Å². The predicted molar refractivity (Wildman–Crippen MR) is 75.8 cm³/mol. The van der Waals surface area contributed by atoms with E-state index in [0.717, 1.165) is 16.7 Å². The van der Waals surface area contributed by atoms with Gasteiger partial charge in [0.1, 0.15) is 0 Å². The molecule has 104 valence electrons. The Hall–Kier alpha value is -2.49. The van der Waals surface area contributed by atoms with E-state index in [1.807, 2.05) is 30.3 Å². The van der Waals surface area contributed by atoms with Crippen molar-refractivity contribution < 1.29 is 19.4 Å². The van der Waals surface area contributed by atoms with E-state index in [9.17, 15) is 9.90 Å². The van der Waals surface area contributed by atoms with Crippen molar-refractivity contribution in [2.75, 3.05) is 14.2 Å². The normalized spacial score (nSPS) is 10.1. The minimum atomic E-state index is -0.260. The molecule has 0 unspecified atom stereocenters. The molecule has 0 bridgehead atoms. The Bertz CT molecular complexity index is 602. The minimum Gasteiger partial charge on any atom is -0.504 e. The maximum absolute atomic E-state index is 11.2. The average molecular weight is 272 g/mol. The highest BCUT2D eigenvalue weighted by Crippen LogP contribution is 2.31. The number of hydrogen-bond acceptors (Lipinski definition) is 4. The van der Waals surface area contributed by atoms with Crippen LogP contribution in [0.4, 0.5) is 0 Å². The first kappa shape index (κ1) is 13.9. The van der Waals surface area contributed by atoms with Gasteiger partial charge in [0.15, 0.2) is 11.5 Å². The molecule has 0 atom stereocenters. The van der Waals surface area contributed by atoms with Gasteiger partial charge in [-0.05, 0) is 28.8 Å². The van der Waals surface area contributed by atoms with E-state index in [4.69, 9.17) is 4.74 Å². The van der Waals surface area contributed by atoms with Crippen molar-refractivity contribution in [3.8, 4) is 22.6 Å². The summed E-state index contributed by atoms with van der Waals surface area (Å²) in [6.07, 6.45) is 0.260. The van der Waals surface area contributed by atoms with Crippen LogP contribution < -0.4 is 4.74 Å². The largest absolute Gasteiger partial charge is 0.504 e. The number of hydrogen-bond donors (Lipinski definition) is 1. The number of esters is 1. The highest BCUT2D eigenvalue weighted by molar-refractivity contribution is 5.73. The van der Waals surface area contributed by atoms with E-state index >= 15 is 0 Å². The number of phenols is 1. The minimum absolute atomic E-state index is 0.110. The monoisotopic (exact) mass is 272 g/mol. The fourth-order valence-electron chi connectivity index (χ4n) is 1.91. The summed E-state index contributed by atoms with van der Waals surface area (Å²) in [5.41, 5.74) is 2.81. The predicted octanol–water partition coefficient (Wildman–Crippen LogP) is 2.78. The van der Waals surface area contributed by atoms with Gasteiger partial charge in [-0.25, -0.2) is 0 Å². The number of aromatic hydroxyl groups is 1. The fraction of sp³-hybridized carbons (Fsp3) is 0.188. The Morgan fingerprint density at radius 2 is 1.70 bits per heavy atom. The van der Waals surface area contributed by atoms with E-state index in [2.05, 4.69) is 4.74 Å². The highest BCUT2D eigenvalue weighted by atomic mass is 16.5. The van der Waals surface area contributed by atoms with Crippen molar-refractivity contribution in [3.05, 3.63) is 48.0 Å². The molecule has 0 amide bonds. The molecule has 0 aromatic heterocycles. The molecule has 0 radical (unpaired) electrons. The van der Waals surface area contributed by atoms with Crippen molar-refractivity contribution in [3.63, 3.8) is 0 Å². The molecule has 4 nitrogen and oxygen atoms in total. The summed E-state index contributed by atoms with van der Waals surface area (Å²) in [4.78, 5) is 11.2. The molecule has 0 aliphatic heterocycles. The van der Waals surface area contributed by atoms with Crippen LogP contribution >= 0.6 is 0 Å². The quantitative estimate of drug-likeness (QED) is 0.869. The number of carbonyl (C=O) groups is 1. The Morgan fingerprint density at radius 3 is 2.30 bits per heavy atom. The van der Waals surface area contributed by atoms with E-state index < -0.39 is 0 Å². The molecule has 0 fully saturated rings. The van der Waals surface area contributed by atoms with Crippen molar-refractivity contribution in [2.24, 2.45) is 0 Å². The first-order chi connectivity index (χ1) is 9.63. The Labute approximate surface area is 117 Å². The lowest BCUT2D eigenvalue weighted by Gasteiger charge is -2.07. The van der Waals surface area contributed by atoms with Gasteiger partial charge in [-0.2, -0.15) is 0 Å². The number of carbonyl (C=O) groups excluding carboxylic acids is 1. The van der Waals surface area contributed by atoms with E-state index in [-0.39, 0.29) is 18.1 Å². The summed E-state index contributed by atoms with van der Waals surface area (Å²) >= 11 is 0. The molecule has 1 N–H and O–H groups in total. The lowest BCUT2D eigenvalue weighted by molar-refractivity contribution is -0.139. The molecule has 0 saturated heterocycles. The number of methoxy groups -OCH3 is 2. The third-order valence-electron chi connectivity index (χ3n) is 3.04. The lowest BCUT2D eigenvalue weighted by Crippen LogP contribution is -2.04. The van der Waals surface area contributed by atoms with Crippen molar-refractivity contribution in [1.29, 1.82) is 0 Å². The molecule has 2 rings (SSSR count). The third kappa shape index (κ3) is 3.09. The molecule has 0 aliphatic rings. The molecule has 0 saturated carbocycles. The smallest absolute Gasteiger partial charge is 0.309 e. The molecule has 20 heavy (non-hydrogen) atoms. The van der Waals surface area contributed by atoms with Gasteiger partial charge in [0.2, 0.25) is 0 Å². The maximum atomic E-state index is 11.2. The second kappa shape index (κ2) is 6.10. The second-order valence-corrected chi connectivity index (χ2v) is 4.34. The van der Waals surface area contributed by atoms with Gasteiger partial charge in [0, 0.05) is 0 Å². The van der Waals surface area contributed by atoms with E-state index in [1.165, 1.54) is 14.2 Å². The summed E-state index contributed by atoms with van der Waals surface area (Å²) in [6, 6.07) is 12.8. The molecule has 0 aliphatic carbocycles. The second-order valence-electron chi connectivity index (χ2n) is 4.34. The highest BCUT2D eigenvalue weighted by Gasteiger charge is 2.06. The van der Waals surface area contributed by atoms with E-state index in [1.54, 1.807) is 12.1 Å². The Balaban J connectivity index is 2.23. The van der Waals surface area contributed by atoms with Gasteiger partial charge in [-0.15, -0.1) is 0 Å². The summed E-state index contributed by atoms with van der Waals surface area (Å²) in [6.45, 7) is 0.